The fraction of sp³-hybridized carbons (Fsp3) is 0.786. The number of aliphatic hydroxyl groups is 1. The van der Waals surface area contributed by atoms with Gasteiger partial charge in [0, 0.05) is 12.9 Å². The molecule has 0 fully saturated rings. The van der Waals surface area contributed by atoms with Crippen molar-refractivity contribution in [2.75, 3.05) is 25.2 Å². The zero-order chi connectivity index (χ0) is 26.0. The molecule has 5 nitrogen and oxygen atoms in total. The smallest absolute Gasteiger partial charge is 0.294 e. The molecule has 0 aliphatic carbocycles. The summed E-state index contributed by atoms with van der Waals surface area (Å²) in [4.78, 5) is -0.0741. The second-order valence-corrected chi connectivity index (χ2v) is 11.8. The van der Waals surface area contributed by atoms with Crippen molar-refractivity contribution < 1.29 is 22.8 Å². The first-order valence-electron chi connectivity index (χ1n) is 13.7. The van der Waals surface area contributed by atoms with Gasteiger partial charge in [0.25, 0.3) is 10.1 Å². The van der Waals surface area contributed by atoms with Gasteiger partial charge in [0.2, 0.25) is 0 Å². The van der Waals surface area contributed by atoms with Crippen molar-refractivity contribution in [3.63, 3.8) is 0 Å². The number of thioether (sulfide) groups is 1. The molecule has 7 heteroatoms. The summed E-state index contributed by atoms with van der Waals surface area (Å²) in [5.74, 6) is 2.13. The first kappa shape index (κ1) is 34.4. The average molecular weight is 533 g/mol. The van der Waals surface area contributed by atoms with E-state index in [0.29, 0.717) is 0 Å². The lowest BCUT2D eigenvalue weighted by Gasteiger charge is -2.11. The third-order valence-electron chi connectivity index (χ3n) is 6.02. The lowest BCUT2D eigenvalue weighted by atomic mass is 10.0. The summed E-state index contributed by atoms with van der Waals surface area (Å²) in [6, 6.07) is 7.42. The molecule has 0 spiro atoms. The molecule has 35 heavy (non-hydrogen) atoms. The van der Waals surface area contributed by atoms with Crippen molar-refractivity contribution in [2.45, 2.75) is 121 Å². The van der Waals surface area contributed by atoms with E-state index in [9.17, 15) is 8.42 Å². The second kappa shape index (κ2) is 25.1. The summed E-state index contributed by atoms with van der Waals surface area (Å²) < 4.78 is 34.4. The minimum atomic E-state index is -4.00. The Hall–Kier alpha value is -0.600. The average Bonchev–Trinajstić information content (AvgIpc) is 2.86. The highest BCUT2D eigenvalue weighted by molar-refractivity contribution is 7.99. The van der Waals surface area contributed by atoms with Gasteiger partial charge in [-0.15, -0.1) is 0 Å². The zero-order valence-electron chi connectivity index (χ0n) is 22.3. The number of hydrogen-bond acceptors (Lipinski definition) is 5. The van der Waals surface area contributed by atoms with Crippen LogP contribution in [0.1, 0.15) is 110 Å². The molecule has 1 atom stereocenters. The van der Waals surface area contributed by atoms with Crippen LogP contribution in [-0.2, 0) is 14.9 Å². The molecule has 1 aromatic rings. The predicted molar refractivity (Wildman–Crippen MR) is 151 cm³/mol. The highest BCUT2D eigenvalue weighted by Crippen LogP contribution is 2.15. The summed E-state index contributed by atoms with van der Waals surface area (Å²) in [6.45, 7) is 2.43. The van der Waals surface area contributed by atoms with Gasteiger partial charge in [-0.1, -0.05) is 121 Å². The van der Waals surface area contributed by atoms with Crippen LogP contribution in [-0.4, -0.2) is 49.4 Å². The van der Waals surface area contributed by atoms with Crippen molar-refractivity contribution in [3.8, 4) is 0 Å². The monoisotopic (exact) mass is 532 g/mol. The van der Waals surface area contributed by atoms with E-state index in [2.05, 4.69) is 6.92 Å². The zero-order valence-corrected chi connectivity index (χ0v) is 24.0. The first-order chi connectivity index (χ1) is 17.0. The molecule has 0 heterocycles. The number of aliphatic hydroxyl groups excluding tert-OH is 1. The minimum Gasteiger partial charge on any atom is -0.394 e. The number of rotatable bonds is 22. The van der Waals surface area contributed by atoms with Gasteiger partial charge in [0.15, 0.2) is 0 Å². The van der Waals surface area contributed by atoms with Gasteiger partial charge in [0.1, 0.15) is 0 Å². The van der Waals surface area contributed by atoms with E-state index in [0.717, 1.165) is 5.75 Å². The minimum absolute atomic E-state index is 0.0195. The topological polar surface area (TPSA) is 83.8 Å². The van der Waals surface area contributed by atoms with Crippen LogP contribution in [0.5, 0.6) is 0 Å². The van der Waals surface area contributed by atoms with Gasteiger partial charge < -0.3 is 9.84 Å². The Morgan fingerprint density at radius 1 is 0.771 bits per heavy atom. The van der Waals surface area contributed by atoms with Gasteiger partial charge in [-0.3, -0.25) is 4.55 Å². The molecule has 2 N–H and O–H groups in total. The van der Waals surface area contributed by atoms with Crippen LogP contribution < -0.4 is 0 Å². The van der Waals surface area contributed by atoms with Crippen molar-refractivity contribution in [3.05, 3.63) is 30.3 Å². The maximum Gasteiger partial charge on any atom is 0.294 e. The molecule has 0 saturated carbocycles. The maximum absolute atomic E-state index is 10.4. The highest BCUT2D eigenvalue weighted by Gasteiger charge is 2.06. The van der Waals surface area contributed by atoms with Gasteiger partial charge in [-0.05, 0) is 24.3 Å². The molecule has 0 bridgehead atoms. The summed E-state index contributed by atoms with van der Waals surface area (Å²) in [7, 11) is -2.33. The Labute approximate surface area is 220 Å². The van der Waals surface area contributed by atoms with Crippen LogP contribution in [0.2, 0.25) is 0 Å². The van der Waals surface area contributed by atoms with Crippen molar-refractivity contribution in [1.82, 2.24) is 0 Å². The Bertz CT molecular complexity index is 649. The summed E-state index contributed by atoms with van der Waals surface area (Å²) in [5, 5.41) is 9.03. The van der Waals surface area contributed by atoms with Gasteiger partial charge in [0.05, 0.1) is 17.6 Å². The molecule has 0 radical (unpaired) electrons. The third kappa shape index (κ3) is 23.5. The fourth-order valence-electron chi connectivity index (χ4n) is 3.75. The molecule has 0 aromatic heterocycles. The van der Waals surface area contributed by atoms with Crippen LogP contribution in [0.3, 0.4) is 0 Å². The first-order valence-corrected chi connectivity index (χ1v) is 16.3. The predicted octanol–water partition coefficient (Wildman–Crippen LogP) is 7.92. The van der Waals surface area contributed by atoms with Crippen LogP contribution in [0.25, 0.3) is 0 Å². The summed E-state index contributed by atoms with van der Waals surface area (Å²) in [6.07, 6.45) is 22.8. The number of methoxy groups -OCH3 is 1. The second-order valence-electron chi connectivity index (χ2n) is 9.21. The van der Waals surface area contributed by atoms with E-state index < -0.39 is 10.1 Å². The van der Waals surface area contributed by atoms with Crippen LogP contribution in [0.15, 0.2) is 35.2 Å². The quantitative estimate of drug-likeness (QED) is 0.117. The standard InChI is InChI=1S/C22H46O2S.C6H6O3S/c1-3-4-5-6-7-8-9-10-11-12-13-14-15-16-17-18-19-25-21-22(20-23)24-2;7-10(8,9)6-4-2-1-3-5-6/h22-23H,3-21H2,1-2H3;1-5H,(H,7,8,9). The Morgan fingerprint density at radius 3 is 1.54 bits per heavy atom. The molecule has 0 amide bonds. The Balaban J connectivity index is 0.000000952. The molecule has 0 aliphatic rings. The molecule has 0 saturated heterocycles. The normalized spacial score (nSPS) is 12.2. The molecule has 0 aliphatic heterocycles. The highest BCUT2D eigenvalue weighted by atomic mass is 32.2. The third-order valence-corrected chi connectivity index (χ3v) is 8.08. The van der Waals surface area contributed by atoms with Gasteiger partial charge in [-0.25, -0.2) is 0 Å². The van der Waals surface area contributed by atoms with E-state index in [1.807, 2.05) is 11.8 Å². The molecular weight excluding hydrogens is 480 g/mol. The number of ether oxygens (including phenoxy) is 1. The number of unbranched alkanes of at least 4 members (excludes halogenated alkanes) is 15. The lowest BCUT2D eigenvalue weighted by Crippen LogP contribution is -2.18. The molecule has 1 unspecified atom stereocenters. The molecule has 1 aromatic carbocycles. The van der Waals surface area contributed by atoms with E-state index in [1.165, 1.54) is 121 Å². The van der Waals surface area contributed by atoms with Crippen molar-refractivity contribution in [2.24, 2.45) is 0 Å². The van der Waals surface area contributed by atoms with Crippen LogP contribution >= 0.6 is 11.8 Å². The summed E-state index contributed by atoms with van der Waals surface area (Å²) in [5.41, 5.74) is 0. The van der Waals surface area contributed by atoms with E-state index >= 15 is 0 Å². The molecule has 1 rings (SSSR count). The van der Waals surface area contributed by atoms with Crippen molar-refractivity contribution in [1.29, 1.82) is 0 Å². The Kier molecular flexibility index (Phi) is 24.6. The maximum atomic E-state index is 10.4. The van der Waals surface area contributed by atoms with Crippen molar-refractivity contribution >= 4 is 21.9 Å². The number of benzene rings is 1. The van der Waals surface area contributed by atoms with Crippen LogP contribution in [0.4, 0.5) is 0 Å². The SMILES string of the molecule is CCCCCCCCCCCCCCCCCCSCC(CO)OC.O=S(=O)(O)c1ccccc1. The van der Waals surface area contributed by atoms with E-state index in [1.54, 1.807) is 25.3 Å². The van der Waals surface area contributed by atoms with Crippen LogP contribution in [0, 0.1) is 0 Å². The summed E-state index contributed by atoms with van der Waals surface area (Å²) >= 11 is 1.91. The Morgan fingerprint density at radius 2 is 1.20 bits per heavy atom. The van der Waals surface area contributed by atoms with Gasteiger partial charge >= 0.3 is 0 Å². The largest absolute Gasteiger partial charge is 0.394 e. The fourth-order valence-corrected chi connectivity index (χ4v) is 5.34. The lowest BCUT2D eigenvalue weighted by molar-refractivity contribution is 0.0656. The van der Waals surface area contributed by atoms with E-state index in [4.69, 9.17) is 14.4 Å². The number of hydrogen-bond donors (Lipinski definition) is 2. The van der Waals surface area contributed by atoms with E-state index in [-0.39, 0.29) is 17.6 Å². The molecule has 206 valence electrons. The van der Waals surface area contributed by atoms with Gasteiger partial charge in [-0.2, -0.15) is 20.2 Å². The molecular formula is C28H52O5S2.